The largest absolute Gasteiger partial charge is 0.573 e. The van der Waals surface area contributed by atoms with Gasteiger partial charge in [-0.2, -0.15) is 18.3 Å². The van der Waals surface area contributed by atoms with Gasteiger partial charge in [-0.25, -0.2) is 0 Å². The van der Waals surface area contributed by atoms with Crippen molar-refractivity contribution in [2.75, 3.05) is 0 Å². The molecular formula is C13H10F6N2O2. The Bertz CT molecular complexity index is 648. The molecule has 1 aromatic heterocycles. The second-order valence-electron chi connectivity index (χ2n) is 4.55. The van der Waals surface area contributed by atoms with Crippen molar-refractivity contribution in [1.29, 1.82) is 0 Å². The third kappa shape index (κ3) is 4.88. The van der Waals surface area contributed by atoms with Crippen molar-refractivity contribution in [3.05, 3.63) is 47.8 Å². The minimum Gasteiger partial charge on any atom is -0.406 e. The van der Waals surface area contributed by atoms with Crippen molar-refractivity contribution < 1.29 is 36.2 Å². The van der Waals surface area contributed by atoms with E-state index in [1.165, 1.54) is 12.1 Å². The lowest BCUT2D eigenvalue weighted by molar-refractivity contribution is -0.274. The number of aliphatic hydroxyl groups excluding tert-OH is 1. The maximum atomic E-state index is 12.4. The van der Waals surface area contributed by atoms with Crippen LogP contribution in [0, 0.1) is 0 Å². The first-order valence-electron chi connectivity index (χ1n) is 6.19. The second kappa shape index (κ2) is 6.11. The Morgan fingerprint density at radius 1 is 1.04 bits per heavy atom. The second-order valence-corrected chi connectivity index (χ2v) is 4.55. The molecule has 1 atom stereocenters. The van der Waals surface area contributed by atoms with Gasteiger partial charge in [0.25, 0.3) is 0 Å². The number of alkyl halides is 6. The van der Waals surface area contributed by atoms with Crippen LogP contribution in [0.3, 0.4) is 0 Å². The third-order valence-electron chi connectivity index (χ3n) is 2.79. The molecule has 4 nitrogen and oxygen atoms in total. The summed E-state index contributed by atoms with van der Waals surface area (Å²) in [6.45, 7) is -0.282. The SMILES string of the molecule is OC(Cn1ccc(C(F)(F)F)n1)c1ccc(OC(F)(F)F)cc1. The molecule has 10 heteroatoms. The average molecular weight is 340 g/mol. The number of halogens is 6. The van der Waals surface area contributed by atoms with Gasteiger partial charge in [0.05, 0.1) is 12.6 Å². The number of ether oxygens (including phenoxy) is 1. The van der Waals surface area contributed by atoms with Gasteiger partial charge in [-0.3, -0.25) is 4.68 Å². The Labute approximate surface area is 125 Å². The fraction of sp³-hybridized carbons (Fsp3) is 0.308. The van der Waals surface area contributed by atoms with E-state index in [4.69, 9.17) is 0 Å². The van der Waals surface area contributed by atoms with E-state index in [1.807, 2.05) is 0 Å². The van der Waals surface area contributed by atoms with Crippen molar-refractivity contribution in [2.24, 2.45) is 0 Å². The zero-order chi connectivity index (χ0) is 17.3. The third-order valence-corrected chi connectivity index (χ3v) is 2.79. The van der Waals surface area contributed by atoms with Gasteiger partial charge in [-0.1, -0.05) is 12.1 Å². The Hall–Kier alpha value is -2.23. The number of hydrogen-bond acceptors (Lipinski definition) is 3. The Morgan fingerprint density at radius 3 is 2.13 bits per heavy atom. The molecule has 0 aliphatic carbocycles. The lowest BCUT2D eigenvalue weighted by Gasteiger charge is -2.13. The van der Waals surface area contributed by atoms with E-state index >= 15 is 0 Å². The molecule has 0 saturated carbocycles. The highest BCUT2D eigenvalue weighted by atomic mass is 19.4. The first kappa shape index (κ1) is 17.1. The molecule has 1 N–H and O–H groups in total. The van der Waals surface area contributed by atoms with Gasteiger partial charge in [0.1, 0.15) is 5.75 Å². The molecule has 0 amide bonds. The van der Waals surface area contributed by atoms with E-state index in [9.17, 15) is 31.4 Å². The molecule has 0 aliphatic rings. The molecule has 126 valence electrons. The Balaban J connectivity index is 2.03. The fourth-order valence-corrected chi connectivity index (χ4v) is 1.79. The van der Waals surface area contributed by atoms with Crippen LogP contribution >= 0.6 is 0 Å². The molecule has 23 heavy (non-hydrogen) atoms. The first-order chi connectivity index (χ1) is 10.5. The summed E-state index contributed by atoms with van der Waals surface area (Å²) in [5.41, 5.74) is -0.887. The molecule has 0 aliphatic heterocycles. The summed E-state index contributed by atoms with van der Waals surface area (Å²) in [6, 6.07) is 5.11. The fourth-order valence-electron chi connectivity index (χ4n) is 1.79. The van der Waals surface area contributed by atoms with Gasteiger partial charge in [-0.15, -0.1) is 13.2 Å². The van der Waals surface area contributed by atoms with Crippen molar-refractivity contribution in [3.63, 3.8) is 0 Å². The minimum absolute atomic E-state index is 0.212. The van der Waals surface area contributed by atoms with E-state index in [1.54, 1.807) is 0 Å². The van der Waals surface area contributed by atoms with Gasteiger partial charge in [-0.05, 0) is 23.8 Å². The molecule has 1 heterocycles. The number of hydrogen-bond donors (Lipinski definition) is 1. The molecule has 1 unspecified atom stereocenters. The highest BCUT2D eigenvalue weighted by Crippen LogP contribution is 2.28. The van der Waals surface area contributed by atoms with E-state index in [2.05, 4.69) is 9.84 Å². The molecule has 0 radical (unpaired) electrons. The van der Waals surface area contributed by atoms with Crippen molar-refractivity contribution in [3.8, 4) is 5.75 Å². The van der Waals surface area contributed by atoms with E-state index in [-0.39, 0.29) is 12.1 Å². The number of aromatic nitrogens is 2. The summed E-state index contributed by atoms with van der Waals surface area (Å²) in [5, 5.41) is 13.2. The molecule has 0 spiro atoms. The first-order valence-corrected chi connectivity index (χ1v) is 6.19. The van der Waals surface area contributed by atoms with Crippen LogP contribution in [0.15, 0.2) is 36.5 Å². The van der Waals surface area contributed by atoms with E-state index in [0.717, 1.165) is 29.1 Å². The van der Waals surface area contributed by atoms with Gasteiger partial charge in [0.2, 0.25) is 0 Å². The van der Waals surface area contributed by atoms with Crippen LogP contribution in [0.4, 0.5) is 26.3 Å². The van der Waals surface area contributed by atoms with Crippen LogP contribution in [0.5, 0.6) is 5.75 Å². The molecule has 0 saturated heterocycles. The Morgan fingerprint density at radius 2 is 1.65 bits per heavy atom. The number of aliphatic hydroxyl groups is 1. The average Bonchev–Trinajstić information content (AvgIpc) is 2.86. The van der Waals surface area contributed by atoms with Crippen LogP contribution in [-0.2, 0) is 12.7 Å². The molecule has 0 fully saturated rings. The van der Waals surface area contributed by atoms with Gasteiger partial charge < -0.3 is 9.84 Å². The minimum atomic E-state index is -4.83. The molecule has 1 aromatic carbocycles. The van der Waals surface area contributed by atoms with Crippen molar-refractivity contribution >= 4 is 0 Å². The van der Waals surface area contributed by atoms with E-state index in [0.29, 0.717) is 0 Å². The lowest BCUT2D eigenvalue weighted by atomic mass is 10.1. The summed E-state index contributed by atoms with van der Waals surface area (Å²) in [4.78, 5) is 0. The van der Waals surface area contributed by atoms with Crippen molar-refractivity contribution in [1.82, 2.24) is 9.78 Å². The predicted octanol–water partition coefficient (Wildman–Crippen LogP) is 3.53. The lowest BCUT2D eigenvalue weighted by Crippen LogP contribution is -2.17. The molecular weight excluding hydrogens is 330 g/mol. The molecule has 2 aromatic rings. The maximum Gasteiger partial charge on any atom is 0.573 e. The highest BCUT2D eigenvalue weighted by molar-refractivity contribution is 5.28. The molecule has 2 rings (SSSR count). The maximum absolute atomic E-state index is 12.4. The van der Waals surface area contributed by atoms with Crippen LogP contribution < -0.4 is 4.74 Å². The summed E-state index contributed by atoms with van der Waals surface area (Å²) < 4.78 is 77.8. The van der Waals surface area contributed by atoms with Crippen LogP contribution in [-0.4, -0.2) is 21.2 Å². The summed E-state index contributed by atoms with van der Waals surface area (Å²) in [5.74, 6) is -0.466. The zero-order valence-corrected chi connectivity index (χ0v) is 11.3. The van der Waals surface area contributed by atoms with Crippen LogP contribution in [0.2, 0.25) is 0 Å². The highest BCUT2D eigenvalue weighted by Gasteiger charge is 2.33. The number of nitrogens with zero attached hydrogens (tertiary/aromatic N) is 2. The Kier molecular flexibility index (Phi) is 4.55. The zero-order valence-electron chi connectivity index (χ0n) is 11.3. The van der Waals surface area contributed by atoms with Gasteiger partial charge in [0, 0.05) is 6.20 Å². The van der Waals surface area contributed by atoms with Gasteiger partial charge in [0.15, 0.2) is 5.69 Å². The molecule has 0 bridgehead atoms. The van der Waals surface area contributed by atoms with Crippen LogP contribution in [0.1, 0.15) is 17.4 Å². The van der Waals surface area contributed by atoms with E-state index < -0.39 is 30.1 Å². The smallest absolute Gasteiger partial charge is 0.406 e. The van der Waals surface area contributed by atoms with Crippen LogP contribution in [0.25, 0.3) is 0 Å². The summed E-state index contributed by atoms with van der Waals surface area (Å²) in [7, 11) is 0. The summed E-state index contributed by atoms with van der Waals surface area (Å²) in [6.07, 6.45) is -9.61. The van der Waals surface area contributed by atoms with Gasteiger partial charge >= 0.3 is 12.5 Å². The predicted molar refractivity (Wildman–Crippen MR) is 65.3 cm³/mol. The monoisotopic (exact) mass is 340 g/mol. The van der Waals surface area contributed by atoms with Crippen molar-refractivity contribution in [2.45, 2.75) is 25.2 Å². The topological polar surface area (TPSA) is 47.3 Å². The number of rotatable bonds is 4. The standard InChI is InChI=1S/C13H10F6N2O2/c14-12(15,16)11-5-6-21(20-11)7-10(22)8-1-3-9(4-2-8)23-13(17,18)19/h1-6,10,22H,7H2. The quantitative estimate of drug-likeness (QED) is 0.866. The number of benzene rings is 1. The normalized spacial score (nSPS) is 13.9. The summed E-state index contributed by atoms with van der Waals surface area (Å²) >= 11 is 0.